The van der Waals surface area contributed by atoms with Gasteiger partial charge in [-0.2, -0.15) is 0 Å². The van der Waals surface area contributed by atoms with Crippen LogP contribution in [0.3, 0.4) is 0 Å². The Balaban J connectivity index is 4.04. The predicted molar refractivity (Wildman–Crippen MR) is 31.4 cm³/mol. The van der Waals surface area contributed by atoms with Crippen LogP contribution in [0.2, 0.25) is 0 Å². The molecule has 0 bridgehead atoms. The van der Waals surface area contributed by atoms with Gasteiger partial charge in [0.15, 0.2) is 6.29 Å². The van der Waals surface area contributed by atoms with E-state index < -0.39 is 16.9 Å². The van der Waals surface area contributed by atoms with Crippen LogP contribution in [-0.4, -0.2) is 23.2 Å². The van der Waals surface area contributed by atoms with Crippen molar-refractivity contribution in [3.05, 3.63) is 0 Å². The molecule has 0 radical (unpaired) electrons. The number of alkyl halides is 1. The van der Waals surface area contributed by atoms with Gasteiger partial charge in [0.2, 0.25) is 5.78 Å². The fourth-order valence-corrected chi connectivity index (χ4v) is 0.362. The molecule has 0 aromatic rings. The van der Waals surface area contributed by atoms with Gasteiger partial charge in [-0.1, -0.05) is 0 Å². The maximum atomic E-state index is 10.4. The zero-order valence-corrected chi connectivity index (χ0v) is 5.51. The fraction of sp³-hybridized carbons (Fsp3) is 0.400. The van der Waals surface area contributed by atoms with Crippen molar-refractivity contribution >= 4 is 29.5 Å². The first-order valence-corrected chi connectivity index (χ1v) is 2.70. The Morgan fingerprint density at radius 1 is 1.56 bits per heavy atom. The van der Waals surface area contributed by atoms with E-state index in [2.05, 4.69) is 0 Å². The quantitative estimate of drug-likeness (QED) is 0.244. The molecule has 50 valence electrons. The number of carbonyl (C=O) groups is 3. The summed E-state index contributed by atoms with van der Waals surface area (Å²) in [6, 6.07) is 0. The third-order valence-electron chi connectivity index (χ3n) is 0.711. The number of aldehydes is 1. The molecule has 0 N–H and O–H groups in total. The van der Waals surface area contributed by atoms with E-state index in [1.165, 1.54) is 6.92 Å². The molecule has 0 saturated carbocycles. The summed E-state index contributed by atoms with van der Waals surface area (Å²) >= 11 is 5.17. The van der Waals surface area contributed by atoms with Crippen LogP contribution in [0.4, 0.5) is 0 Å². The number of halogens is 1. The van der Waals surface area contributed by atoms with Crippen LogP contribution in [0.5, 0.6) is 0 Å². The van der Waals surface area contributed by atoms with E-state index in [1.807, 2.05) is 0 Å². The van der Waals surface area contributed by atoms with E-state index in [-0.39, 0.29) is 6.29 Å². The Morgan fingerprint density at radius 2 is 2.00 bits per heavy atom. The van der Waals surface area contributed by atoms with Gasteiger partial charge in [0, 0.05) is 0 Å². The van der Waals surface area contributed by atoms with Crippen molar-refractivity contribution in [3.63, 3.8) is 0 Å². The molecule has 4 heteroatoms. The van der Waals surface area contributed by atoms with Gasteiger partial charge >= 0.3 is 0 Å². The van der Waals surface area contributed by atoms with Crippen LogP contribution in [0.25, 0.3) is 0 Å². The van der Waals surface area contributed by atoms with Crippen molar-refractivity contribution in [3.8, 4) is 0 Å². The average molecular weight is 149 g/mol. The van der Waals surface area contributed by atoms with Crippen LogP contribution in [0, 0.1) is 0 Å². The van der Waals surface area contributed by atoms with E-state index >= 15 is 0 Å². The molecule has 0 aliphatic heterocycles. The zero-order valence-electron chi connectivity index (χ0n) is 4.76. The van der Waals surface area contributed by atoms with Gasteiger partial charge in [-0.25, -0.2) is 0 Å². The topological polar surface area (TPSA) is 51.2 Å². The smallest absolute Gasteiger partial charge is 0.262 e. The zero-order chi connectivity index (χ0) is 7.44. The van der Waals surface area contributed by atoms with E-state index in [1.54, 1.807) is 0 Å². The monoisotopic (exact) mass is 148 g/mol. The summed E-state index contributed by atoms with van der Waals surface area (Å²) in [5.41, 5.74) is 0. The largest absolute Gasteiger partial charge is 0.294 e. The second-order valence-corrected chi connectivity index (χ2v) is 2.12. The van der Waals surface area contributed by atoms with Crippen LogP contribution in [-0.2, 0) is 14.4 Å². The maximum absolute atomic E-state index is 10.4. The molecule has 0 aromatic heterocycles. The first-order valence-electron chi connectivity index (χ1n) is 2.27. The van der Waals surface area contributed by atoms with Crippen molar-refractivity contribution in [1.82, 2.24) is 0 Å². The standard InChI is InChI=1S/C5H5ClO3/c1-3(6)5(9)4(8)2-7/h2-3H,1H3. The van der Waals surface area contributed by atoms with Gasteiger partial charge in [-0.3, -0.25) is 14.4 Å². The molecule has 0 aliphatic rings. The van der Waals surface area contributed by atoms with Crippen molar-refractivity contribution in [2.24, 2.45) is 0 Å². The molecule has 0 amide bonds. The molecule has 0 heterocycles. The van der Waals surface area contributed by atoms with Gasteiger partial charge in [-0.05, 0) is 6.92 Å². The lowest BCUT2D eigenvalue weighted by molar-refractivity contribution is -0.139. The second kappa shape index (κ2) is 3.35. The fourth-order valence-electron chi connectivity index (χ4n) is 0.254. The summed E-state index contributed by atoms with van der Waals surface area (Å²) in [5.74, 6) is -1.93. The van der Waals surface area contributed by atoms with Crippen molar-refractivity contribution in [1.29, 1.82) is 0 Å². The number of ketones is 2. The lowest BCUT2D eigenvalue weighted by Crippen LogP contribution is -2.22. The third kappa shape index (κ3) is 2.37. The summed E-state index contributed by atoms with van der Waals surface area (Å²) in [7, 11) is 0. The van der Waals surface area contributed by atoms with Gasteiger partial charge in [-0.15, -0.1) is 11.6 Å². The molecule has 0 rings (SSSR count). The number of hydrogen-bond donors (Lipinski definition) is 0. The highest BCUT2D eigenvalue weighted by molar-refractivity contribution is 6.63. The van der Waals surface area contributed by atoms with E-state index in [0.717, 1.165) is 0 Å². The molecule has 3 nitrogen and oxygen atoms in total. The Bertz CT molecular complexity index is 150. The molecule has 1 atom stereocenters. The van der Waals surface area contributed by atoms with Crippen LogP contribution in [0.15, 0.2) is 0 Å². The van der Waals surface area contributed by atoms with E-state index in [4.69, 9.17) is 11.6 Å². The number of carbonyl (C=O) groups excluding carboxylic acids is 3. The predicted octanol–water partition coefficient (Wildman–Crippen LogP) is -0.0492. The molecule has 0 fully saturated rings. The minimum atomic E-state index is -1.07. The summed E-state index contributed by atoms with van der Waals surface area (Å²) in [4.78, 5) is 30.1. The maximum Gasteiger partial charge on any atom is 0.262 e. The van der Waals surface area contributed by atoms with Crippen molar-refractivity contribution in [2.75, 3.05) is 0 Å². The average Bonchev–Trinajstić information content (AvgIpc) is 1.84. The van der Waals surface area contributed by atoms with E-state index in [9.17, 15) is 14.4 Å². The lowest BCUT2D eigenvalue weighted by Gasteiger charge is -1.92. The summed E-state index contributed by atoms with van der Waals surface area (Å²) < 4.78 is 0. The SMILES string of the molecule is CC(Cl)C(=O)C(=O)C=O. The first-order chi connectivity index (χ1) is 4.09. The minimum absolute atomic E-state index is 0.0405. The molecular formula is C5H5ClO3. The minimum Gasteiger partial charge on any atom is -0.294 e. The molecular weight excluding hydrogens is 144 g/mol. The number of hydrogen-bond acceptors (Lipinski definition) is 3. The molecule has 0 aliphatic carbocycles. The molecule has 9 heavy (non-hydrogen) atoms. The van der Waals surface area contributed by atoms with Crippen molar-refractivity contribution < 1.29 is 14.4 Å². The Kier molecular flexibility index (Phi) is 3.09. The first kappa shape index (κ1) is 8.30. The Labute approximate surface area is 57.0 Å². The third-order valence-corrected chi connectivity index (χ3v) is 0.909. The highest BCUT2D eigenvalue weighted by Gasteiger charge is 2.17. The Hall–Kier alpha value is -0.700. The highest BCUT2D eigenvalue weighted by atomic mass is 35.5. The summed E-state index contributed by atoms with van der Waals surface area (Å²) in [6.07, 6.45) is -0.0405. The second-order valence-electron chi connectivity index (χ2n) is 1.46. The highest BCUT2D eigenvalue weighted by Crippen LogP contribution is 1.94. The Morgan fingerprint density at radius 3 is 2.11 bits per heavy atom. The number of Topliss-reactive ketones (excluding diaryl/α,β-unsaturated/α-hetero) is 2. The van der Waals surface area contributed by atoms with Gasteiger partial charge in [0.05, 0.1) is 5.38 Å². The molecule has 0 saturated heterocycles. The van der Waals surface area contributed by atoms with Crippen LogP contribution < -0.4 is 0 Å². The van der Waals surface area contributed by atoms with Crippen LogP contribution >= 0.6 is 11.6 Å². The lowest BCUT2D eigenvalue weighted by atomic mass is 10.2. The van der Waals surface area contributed by atoms with Gasteiger partial charge in [0.25, 0.3) is 5.78 Å². The molecule has 0 aromatic carbocycles. The van der Waals surface area contributed by atoms with E-state index in [0.29, 0.717) is 0 Å². The normalized spacial score (nSPS) is 12.2. The van der Waals surface area contributed by atoms with Gasteiger partial charge in [0.1, 0.15) is 0 Å². The van der Waals surface area contributed by atoms with Gasteiger partial charge < -0.3 is 0 Å². The molecule has 1 unspecified atom stereocenters. The summed E-state index contributed by atoms with van der Waals surface area (Å²) in [5, 5.41) is -0.900. The molecule has 0 spiro atoms. The summed E-state index contributed by atoms with van der Waals surface area (Å²) in [6.45, 7) is 1.34. The van der Waals surface area contributed by atoms with Crippen molar-refractivity contribution in [2.45, 2.75) is 12.3 Å². The van der Waals surface area contributed by atoms with Crippen LogP contribution in [0.1, 0.15) is 6.92 Å². The number of rotatable bonds is 3.